The quantitative estimate of drug-likeness (QED) is 0.754. The Kier molecular flexibility index (Phi) is 2.03. The van der Waals surface area contributed by atoms with Crippen LogP contribution in [-0.4, -0.2) is 28.7 Å². The van der Waals surface area contributed by atoms with E-state index in [2.05, 4.69) is 0 Å². The minimum Gasteiger partial charge on any atom is -0.481 e. The average Bonchev–Trinajstić information content (AvgIpc) is 2.57. The number of hydrogen-bond acceptors (Lipinski definition) is 2. The smallest absolute Gasteiger partial charge is 0.471 e. The van der Waals surface area contributed by atoms with Gasteiger partial charge in [0.15, 0.2) is 0 Å². The Morgan fingerprint density at radius 3 is 2.12 bits per heavy atom. The lowest BCUT2D eigenvalue weighted by Gasteiger charge is -2.45. The monoisotopic (exact) mass is 237 g/mol. The molecule has 7 heteroatoms. The van der Waals surface area contributed by atoms with Gasteiger partial charge in [0.1, 0.15) is 0 Å². The van der Waals surface area contributed by atoms with Gasteiger partial charge in [-0.05, 0) is 25.7 Å². The maximum atomic E-state index is 12.0. The van der Waals surface area contributed by atoms with Gasteiger partial charge in [-0.3, -0.25) is 9.59 Å². The molecular formula is C9H10F3NO3. The highest BCUT2D eigenvalue weighted by Gasteiger charge is 2.66. The first-order valence-corrected chi connectivity index (χ1v) is 4.82. The van der Waals surface area contributed by atoms with Crippen molar-refractivity contribution in [3.05, 3.63) is 0 Å². The normalized spacial score (nSPS) is 36.7. The van der Waals surface area contributed by atoms with Crippen molar-refractivity contribution < 1.29 is 27.9 Å². The van der Waals surface area contributed by atoms with Crippen LogP contribution in [0.3, 0.4) is 0 Å². The molecule has 0 radical (unpaired) electrons. The fourth-order valence-electron chi connectivity index (χ4n) is 2.80. The van der Waals surface area contributed by atoms with Gasteiger partial charge in [0, 0.05) is 5.54 Å². The zero-order valence-electron chi connectivity index (χ0n) is 8.23. The molecule has 0 heterocycles. The number of carbonyl (C=O) groups is 2. The van der Waals surface area contributed by atoms with Crippen LogP contribution < -0.4 is 5.32 Å². The molecule has 2 N–H and O–H groups in total. The molecule has 1 amide bonds. The fourth-order valence-corrected chi connectivity index (χ4v) is 2.80. The van der Waals surface area contributed by atoms with Crippen LogP contribution in [0.2, 0.25) is 0 Å². The topological polar surface area (TPSA) is 66.4 Å². The lowest BCUT2D eigenvalue weighted by atomic mass is 9.65. The van der Waals surface area contributed by atoms with Crippen molar-refractivity contribution in [2.75, 3.05) is 0 Å². The van der Waals surface area contributed by atoms with Crippen molar-refractivity contribution in [2.24, 2.45) is 5.41 Å². The van der Waals surface area contributed by atoms with Crippen molar-refractivity contribution in [1.82, 2.24) is 5.32 Å². The molecule has 0 aromatic rings. The van der Waals surface area contributed by atoms with E-state index in [-0.39, 0.29) is 12.8 Å². The Balaban J connectivity index is 2.01. The maximum absolute atomic E-state index is 12.0. The van der Waals surface area contributed by atoms with Crippen LogP contribution in [0.1, 0.15) is 25.7 Å². The number of carboxylic acids is 1. The molecule has 0 aromatic carbocycles. The zero-order chi connectivity index (χ0) is 12.2. The number of rotatable bonds is 2. The molecule has 0 spiro atoms. The van der Waals surface area contributed by atoms with Gasteiger partial charge in [-0.2, -0.15) is 13.2 Å². The summed E-state index contributed by atoms with van der Waals surface area (Å²) in [6.07, 6.45) is -4.05. The predicted molar refractivity (Wildman–Crippen MR) is 45.5 cm³/mol. The van der Waals surface area contributed by atoms with Gasteiger partial charge in [-0.1, -0.05) is 0 Å². The molecule has 0 aromatic heterocycles. The Morgan fingerprint density at radius 2 is 1.75 bits per heavy atom. The summed E-state index contributed by atoms with van der Waals surface area (Å²) in [6, 6.07) is 0. The second kappa shape index (κ2) is 2.89. The van der Waals surface area contributed by atoms with Gasteiger partial charge >= 0.3 is 18.1 Å². The highest BCUT2D eigenvalue weighted by molar-refractivity contribution is 5.84. The number of halogens is 3. The molecule has 3 rings (SSSR count). The zero-order valence-corrected chi connectivity index (χ0v) is 8.23. The number of carboxylic acid groups (broad SMARTS) is 1. The van der Waals surface area contributed by atoms with Crippen LogP contribution in [0.15, 0.2) is 0 Å². The summed E-state index contributed by atoms with van der Waals surface area (Å²) in [5.74, 6) is -2.96. The molecule has 3 aliphatic carbocycles. The third-order valence-corrected chi connectivity index (χ3v) is 3.53. The number of fused-ring (bicyclic) bond motifs is 1. The average molecular weight is 237 g/mol. The van der Waals surface area contributed by atoms with Crippen molar-refractivity contribution in [1.29, 1.82) is 0 Å². The second-order valence-electron chi connectivity index (χ2n) is 4.67. The lowest BCUT2D eigenvalue weighted by Crippen LogP contribution is -2.60. The molecule has 3 fully saturated rings. The highest BCUT2D eigenvalue weighted by Crippen LogP contribution is 2.61. The fraction of sp³-hybridized carbons (Fsp3) is 0.778. The van der Waals surface area contributed by atoms with Crippen LogP contribution >= 0.6 is 0 Å². The van der Waals surface area contributed by atoms with E-state index in [1.54, 1.807) is 0 Å². The summed E-state index contributed by atoms with van der Waals surface area (Å²) < 4.78 is 36.0. The van der Waals surface area contributed by atoms with Crippen molar-refractivity contribution in [2.45, 2.75) is 37.4 Å². The summed E-state index contributed by atoms with van der Waals surface area (Å²) in [4.78, 5) is 21.6. The van der Waals surface area contributed by atoms with Gasteiger partial charge in [-0.15, -0.1) is 0 Å². The van der Waals surface area contributed by atoms with Crippen molar-refractivity contribution in [3.8, 4) is 0 Å². The molecule has 90 valence electrons. The van der Waals surface area contributed by atoms with Crippen LogP contribution in [0.4, 0.5) is 13.2 Å². The number of hydrogen-bond donors (Lipinski definition) is 2. The minimum atomic E-state index is -4.90. The van der Waals surface area contributed by atoms with E-state index in [0.717, 1.165) is 0 Å². The molecular weight excluding hydrogens is 227 g/mol. The molecule has 0 aliphatic heterocycles. The summed E-state index contributed by atoms with van der Waals surface area (Å²) in [6.45, 7) is 0. The van der Waals surface area contributed by atoms with Gasteiger partial charge in [0.05, 0.1) is 5.41 Å². The van der Waals surface area contributed by atoms with E-state index in [1.807, 2.05) is 5.32 Å². The third-order valence-electron chi connectivity index (χ3n) is 3.53. The molecule has 3 saturated carbocycles. The van der Waals surface area contributed by atoms with Gasteiger partial charge in [0.25, 0.3) is 0 Å². The Hall–Kier alpha value is -1.27. The first kappa shape index (κ1) is 11.2. The molecule has 16 heavy (non-hydrogen) atoms. The van der Waals surface area contributed by atoms with E-state index in [4.69, 9.17) is 5.11 Å². The minimum absolute atomic E-state index is 0.108. The van der Waals surface area contributed by atoms with Crippen LogP contribution in [0.5, 0.6) is 0 Å². The SMILES string of the molecule is O=C(NC12CCC(C(=O)O)(C1)C2)C(F)(F)F. The van der Waals surface area contributed by atoms with Crippen LogP contribution in [0.25, 0.3) is 0 Å². The van der Waals surface area contributed by atoms with E-state index in [9.17, 15) is 22.8 Å². The van der Waals surface area contributed by atoms with E-state index in [1.165, 1.54) is 0 Å². The summed E-state index contributed by atoms with van der Waals surface area (Å²) in [5, 5.41) is 10.8. The Morgan fingerprint density at radius 1 is 1.19 bits per heavy atom. The number of carbonyl (C=O) groups excluding carboxylic acids is 1. The van der Waals surface area contributed by atoms with E-state index < -0.39 is 29.0 Å². The maximum Gasteiger partial charge on any atom is 0.471 e. The predicted octanol–water partition coefficient (Wildman–Crippen LogP) is 1.06. The molecule has 0 unspecified atom stereocenters. The molecule has 0 atom stereocenters. The number of nitrogens with one attached hydrogen (secondary N) is 1. The molecule has 2 bridgehead atoms. The Labute approximate surface area is 88.8 Å². The van der Waals surface area contributed by atoms with Gasteiger partial charge in [-0.25, -0.2) is 0 Å². The number of amides is 1. The molecule has 0 saturated heterocycles. The number of alkyl halides is 3. The van der Waals surface area contributed by atoms with Crippen molar-refractivity contribution >= 4 is 11.9 Å². The molecule has 3 aliphatic rings. The van der Waals surface area contributed by atoms with Crippen LogP contribution in [0, 0.1) is 5.41 Å². The first-order chi connectivity index (χ1) is 7.19. The number of aliphatic carboxylic acids is 1. The summed E-state index contributed by atoms with van der Waals surface area (Å²) in [7, 11) is 0. The van der Waals surface area contributed by atoms with E-state index >= 15 is 0 Å². The first-order valence-electron chi connectivity index (χ1n) is 4.82. The summed E-state index contributed by atoms with van der Waals surface area (Å²) >= 11 is 0. The standard InChI is InChI=1S/C9H10F3NO3/c10-9(11,12)5(14)13-8-2-1-7(3-8,4-8)6(15)16/h1-4H2,(H,13,14)(H,15,16). The molecule has 4 nitrogen and oxygen atoms in total. The van der Waals surface area contributed by atoms with Gasteiger partial charge in [0.2, 0.25) is 0 Å². The van der Waals surface area contributed by atoms with Crippen LogP contribution in [-0.2, 0) is 9.59 Å². The van der Waals surface area contributed by atoms with Gasteiger partial charge < -0.3 is 10.4 Å². The second-order valence-corrected chi connectivity index (χ2v) is 4.67. The Bertz CT molecular complexity index is 358. The lowest BCUT2D eigenvalue weighted by molar-refractivity contribution is -0.178. The summed E-state index contributed by atoms with van der Waals surface area (Å²) in [5.41, 5.74) is -1.84. The van der Waals surface area contributed by atoms with E-state index in [0.29, 0.717) is 12.8 Å². The largest absolute Gasteiger partial charge is 0.481 e. The third kappa shape index (κ3) is 1.45. The highest BCUT2D eigenvalue weighted by atomic mass is 19.4. The van der Waals surface area contributed by atoms with Crippen molar-refractivity contribution in [3.63, 3.8) is 0 Å².